The Kier molecular flexibility index (Phi) is 9.11. The smallest absolute Gasteiger partial charge is 0.265 e. The lowest BCUT2D eigenvalue weighted by Gasteiger charge is -2.45. The van der Waals surface area contributed by atoms with Gasteiger partial charge in [0.25, 0.3) is 5.88 Å². The number of methoxy groups -OCH3 is 2. The molecule has 9 heteroatoms. The number of carbonyl (C=O) groups excluding carboxylic acids is 3. The Morgan fingerprint density at radius 1 is 0.980 bits per heavy atom. The van der Waals surface area contributed by atoms with Crippen molar-refractivity contribution < 1.29 is 33.1 Å². The van der Waals surface area contributed by atoms with Crippen molar-refractivity contribution >= 4 is 28.6 Å². The van der Waals surface area contributed by atoms with Crippen molar-refractivity contribution in [1.29, 1.82) is 0 Å². The van der Waals surface area contributed by atoms with Gasteiger partial charge in [0.05, 0.1) is 19.1 Å². The summed E-state index contributed by atoms with van der Waals surface area (Å²) in [6, 6.07) is 25.3. The van der Waals surface area contributed by atoms with Gasteiger partial charge < -0.3 is 18.7 Å². The summed E-state index contributed by atoms with van der Waals surface area (Å²) in [4.78, 5) is 43.1. The van der Waals surface area contributed by atoms with Crippen molar-refractivity contribution in [1.82, 2.24) is 10.1 Å². The normalized spacial score (nSPS) is 20.8. The molecule has 5 unspecified atom stereocenters. The number of benzene rings is 4. The fraction of sp³-hybridized carbons (Fsp3) is 0.317. The first-order chi connectivity index (χ1) is 24.2. The highest BCUT2D eigenvalue weighted by molar-refractivity contribution is 6.16. The fourth-order valence-corrected chi connectivity index (χ4v) is 8.16. The van der Waals surface area contributed by atoms with Crippen LogP contribution in [0, 0.1) is 24.7 Å². The number of aldehydes is 1. The van der Waals surface area contributed by atoms with Gasteiger partial charge in [-0.25, -0.2) is 0 Å². The van der Waals surface area contributed by atoms with E-state index in [1.807, 2.05) is 80.5 Å². The number of hydrogen-bond donors (Lipinski definition) is 0. The number of ether oxygens (including phenoxy) is 3. The van der Waals surface area contributed by atoms with Crippen molar-refractivity contribution in [3.8, 4) is 22.8 Å². The zero-order chi connectivity index (χ0) is 35.1. The number of Topliss-reactive ketones (excluding diaryl/α,β-unsaturated/α-hetero) is 2. The van der Waals surface area contributed by atoms with E-state index in [1.54, 1.807) is 7.11 Å². The van der Waals surface area contributed by atoms with Crippen LogP contribution in [0.5, 0.6) is 11.6 Å². The third-order valence-corrected chi connectivity index (χ3v) is 10.5. The molecule has 2 aliphatic rings. The van der Waals surface area contributed by atoms with Crippen LogP contribution in [0.15, 0.2) is 83.4 Å². The molecule has 0 bridgehead atoms. The van der Waals surface area contributed by atoms with E-state index >= 15 is 0 Å². The van der Waals surface area contributed by atoms with Crippen LogP contribution in [-0.2, 0) is 22.6 Å². The minimum Gasteiger partial charge on any atom is -0.497 e. The lowest BCUT2D eigenvalue weighted by molar-refractivity contribution is -0.144. The molecule has 256 valence electrons. The number of ketones is 2. The first kappa shape index (κ1) is 33.4. The number of carbonyl (C=O) groups is 3. The van der Waals surface area contributed by atoms with Crippen LogP contribution in [0.1, 0.15) is 55.6 Å². The molecule has 4 aromatic carbocycles. The van der Waals surface area contributed by atoms with E-state index in [1.165, 1.54) is 7.11 Å². The monoisotopic (exact) mass is 672 g/mol. The molecule has 0 saturated heterocycles. The first-order valence-corrected chi connectivity index (χ1v) is 16.8. The molecule has 0 N–H and O–H groups in total. The molecular formula is C41H40N2O7. The Balaban J connectivity index is 1.21. The average Bonchev–Trinajstić information content (AvgIpc) is 3.53. The van der Waals surface area contributed by atoms with Gasteiger partial charge in [0.1, 0.15) is 24.0 Å². The zero-order valence-corrected chi connectivity index (χ0v) is 28.8. The van der Waals surface area contributed by atoms with Crippen molar-refractivity contribution in [3.05, 3.63) is 112 Å². The van der Waals surface area contributed by atoms with Crippen molar-refractivity contribution in [3.63, 3.8) is 0 Å². The van der Waals surface area contributed by atoms with Gasteiger partial charge >= 0.3 is 0 Å². The van der Waals surface area contributed by atoms with Gasteiger partial charge in [0.2, 0.25) is 0 Å². The van der Waals surface area contributed by atoms with E-state index in [9.17, 15) is 14.4 Å². The minimum absolute atomic E-state index is 0.0963. The second-order valence-corrected chi connectivity index (χ2v) is 13.5. The number of hydrogen-bond acceptors (Lipinski definition) is 9. The maximum atomic E-state index is 14.4. The summed E-state index contributed by atoms with van der Waals surface area (Å²) in [6.07, 6.45) is 0.876. The van der Waals surface area contributed by atoms with Crippen LogP contribution in [0.2, 0.25) is 0 Å². The number of aryl methyl sites for hydroxylation is 1. The third-order valence-electron chi connectivity index (χ3n) is 10.5. The van der Waals surface area contributed by atoms with Gasteiger partial charge in [-0.05, 0) is 102 Å². The molecule has 0 spiro atoms. The Labute approximate surface area is 291 Å². The molecule has 0 amide bonds. The lowest BCUT2D eigenvalue weighted by Crippen LogP contribution is -2.53. The van der Waals surface area contributed by atoms with Crippen molar-refractivity contribution in [2.75, 3.05) is 28.3 Å². The summed E-state index contributed by atoms with van der Waals surface area (Å²) >= 11 is 0. The predicted molar refractivity (Wildman–Crippen MR) is 189 cm³/mol. The summed E-state index contributed by atoms with van der Waals surface area (Å²) in [5.74, 6) is -0.681. The number of rotatable bonds is 10. The van der Waals surface area contributed by atoms with Gasteiger partial charge in [0.15, 0.2) is 23.6 Å². The van der Waals surface area contributed by atoms with Gasteiger partial charge in [-0.15, -0.1) is 0 Å². The number of nitrogens with zero attached hydrogens (tertiary/aromatic N) is 2. The molecule has 0 aliphatic heterocycles. The van der Waals surface area contributed by atoms with Gasteiger partial charge in [-0.1, -0.05) is 60.7 Å². The van der Waals surface area contributed by atoms with Crippen LogP contribution in [0.3, 0.4) is 0 Å². The highest BCUT2D eigenvalue weighted by atomic mass is 16.5. The van der Waals surface area contributed by atoms with Crippen LogP contribution in [0.4, 0.5) is 0 Å². The number of aromatic nitrogens is 1. The Hall–Kier alpha value is -5.12. The fourth-order valence-electron chi connectivity index (χ4n) is 8.16. The number of fused-ring (bicyclic) bond motifs is 3. The molecule has 2 aliphatic carbocycles. The molecular weight excluding hydrogens is 632 g/mol. The van der Waals surface area contributed by atoms with Crippen LogP contribution >= 0.6 is 0 Å². The summed E-state index contributed by atoms with van der Waals surface area (Å²) in [5, 5.41) is 6.15. The lowest BCUT2D eigenvalue weighted by atomic mass is 9.61. The predicted octanol–water partition coefficient (Wildman–Crippen LogP) is 7.08. The molecule has 50 heavy (non-hydrogen) atoms. The molecule has 1 heterocycles. The molecule has 9 nitrogen and oxygen atoms in total. The van der Waals surface area contributed by atoms with E-state index in [-0.39, 0.29) is 35.5 Å². The van der Waals surface area contributed by atoms with Crippen molar-refractivity contribution in [2.24, 2.45) is 17.8 Å². The van der Waals surface area contributed by atoms with Crippen LogP contribution in [-0.4, -0.2) is 62.3 Å². The second-order valence-electron chi connectivity index (χ2n) is 13.5. The average molecular weight is 673 g/mol. The molecule has 7 rings (SSSR count). The largest absolute Gasteiger partial charge is 0.497 e. The maximum Gasteiger partial charge on any atom is 0.265 e. The second kappa shape index (κ2) is 13.7. The van der Waals surface area contributed by atoms with Gasteiger partial charge in [0, 0.05) is 18.6 Å². The van der Waals surface area contributed by atoms with E-state index in [4.69, 9.17) is 18.7 Å². The zero-order valence-electron chi connectivity index (χ0n) is 28.8. The summed E-state index contributed by atoms with van der Waals surface area (Å²) in [6.45, 7) is 2.19. The van der Waals surface area contributed by atoms with E-state index in [0.29, 0.717) is 30.5 Å². The molecule has 5 aromatic rings. The standard InChI is InChI=1S/C41H40N2O7/c1-23-31-19-26(25-13-15-30(47-4)16-14-25)11-12-27(31)17-28-18-29-20-32(40(48-5)38(46)35(29)37(45)34(23)28)36(43(2)3)39-33(21-44)41(42-50-39)49-22-24-9-7-6-8-10-24/h6-17,19,21,29,32,35-36,40H,18,20,22H2,1-5H3. The molecule has 1 aromatic heterocycles. The molecule has 5 atom stereocenters. The third kappa shape index (κ3) is 5.80. The highest BCUT2D eigenvalue weighted by Crippen LogP contribution is 2.48. The summed E-state index contributed by atoms with van der Waals surface area (Å²) < 4.78 is 23.0. The topological polar surface area (TPSA) is 108 Å². The SMILES string of the molecule is COc1ccc(-c2ccc3cc4c(c(C)c3c2)C(=O)C2C(=O)C(OC)C(C(c3onc(OCc5ccccc5)c3C=O)N(C)C)CC2C4)cc1. The van der Waals surface area contributed by atoms with Gasteiger partial charge in [-0.3, -0.25) is 19.3 Å². The Morgan fingerprint density at radius 3 is 2.40 bits per heavy atom. The van der Waals surface area contributed by atoms with Gasteiger partial charge in [-0.2, -0.15) is 0 Å². The maximum absolute atomic E-state index is 14.4. The van der Waals surface area contributed by atoms with Crippen LogP contribution < -0.4 is 9.47 Å². The molecule has 1 fully saturated rings. The summed E-state index contributed by atoms with van der Waals surface area (Å²) in [7, 11) is 6.88. The van der Waals surface area contributed by atoms with E-state index in [0.717, 1.165) is 44.3 Å². The first-order valence-electron chi connectivity index (χ1n) is 16.8. The Bertz CT molecular complexity index is 2070. The van der Waals surface area contributed by atoms with E-state index in [2.05, 4.69) is 29.4 Å². The molecule has 1 saturated carbocycles. The van der Waals surface area contributed by atoms with E-state index < -0.39 is 24.0 Å². The summed E-state index contributed by atoms with van der Waals surface area (Å²) in [5.41, 5.74) is 5.66. The quantitative estimate of drug-likeness (QED) is 0.114. The van der Waals surface area contributed by atoms with Crippen molar-refractivity contribution in [2.45, 2.75) is 38.5 Å². The minimum atomic E-state index is -0.894. The molecule has 0 radical (unpaired) electrons. The van der Waals surface area contributed by atoms with Crippen LogP contribution in [0.25, 0.3) is 21.9 Å². The Morgan fingerprint density at radius 2 is 1.72 bits per heavy atom. The highest BCUT2D eigenvalue weighted by Gasteiger charge is 2.53.